The number of hydrogen-bond acceptors (Lipinski definition) is 1. The van der Waals surface area contributed by atoms with E-state index >= 15 is 0 Å². The summed E-state index contributed by atoms with van der Waals surface area (Å²) in [6.45, 7) is 17.3. The second-order valence-corrected chi connectivity index (χ2v) is 14.7. The Morgan fingerprint density at radius 3 is 2.33 bits per heavy atom. The molecule has 0 heterocycles. The molecule has 3 fully saturated rings. The predicted octanol–water partition coefficient (Wildman–Crippen LogP) is 15.5. The van der Waals surface area contributed by atoms with E-state index < -0.39 is 0 Å². The largest absolute Gasteiger partial charge is 0.381 e. The van der Waals surface area contributed by atoms with Crippen molar-refractivity contribution < 1.29 is 4.74 Å². The minimum absolute atomic E-state index is 0. The first kappa shape index (κ1) is 48.6. The summed E-state index contributed by atoms with van der Waals surface area (Å²) in [7, 11) is 1.82. The molecule has 0 aromatic rings. The lowest BCUT2D eigenvalue weighted by molar-refractivity contribution is 0.0542. The smallest absolute Gasteiger partial charge is 0.0573 e. The van der Waals surface area contributed by atoms with Crippen LogP contribution in [0.5, 0.6) is 0 Å². The van der Waals surface area contributed by atoms with Crippen LogP contribution in [0.3, 0.4) is 0 Å². The third-order valence-electron chi connectivity index (χ3n) is 10.9. The Balaban J connectivity index is 0. The highest BCUT2D eigenvalue weighted by atomic mass is 16.5. The van der Waals surface area contributed by atoms with E-state index in [1.807, 2.05) is 34.8 Å². The molecular formula is C47H86O. The van der Waals surface area contributed by atoms with Gasteiger partial charge in [-0.1, -0.05) is 142 Å². The first-order chi connectivity index (χ1) is 22.4. The molecule has 0 aromatic heterocycles. The van der Waals surface area contributed by atoms with Gasteiger partial charge in [-0.15, -0.1) is 12.3 Å². The van der Waals surface area contributed by atoms with Gasteiger partial charge >= 0.3 is 0 Å². The van der Waals surface area contributed by atoms with Gasteiger partial charge in [0.25, 0.3) is 0 Å². The van der Waals surface area contributed by atoms with E-state index in [2.05, 4.69) is 64.0 Å². The molecule has 7 unspecified atom stereocenters. The normalized spacial score (nSPS) is 28.8. The van der Waals surface area contributed by atoms with Crippen molar-refractivity contribution in [2.75, 3.05) is 7.11 Å². The summed E-state index contributed by atoms with van der Waals surface area (Å²) >= 11 is 0. The monoisotopic (exact) mass is 667 g/mol. The van der Waals surface area contributed by atoms with E-state index in [1.54, 1.807) is 16.7 Å². The Kier molecular flexibility index (Phi) is 30.7. The van der Waals surface area contributed by atoms with Crippen molar-refractivity contribution in [3.8, 4) is 12.3 Å². The molecule has 4 aliphatic rings. The summed E-state index contributed by atoms with van der Waals surface area (Å²) in [4.78, 5) is 0. The molecule has 0 radical (unpaired) electrons. The molecule has 0 N–H and O–H groups in total. The first-order valence-corrected chi connectivity index (χ1v) is 20.0. The summed E-state index contributed by atoms with van der Waals surface area (Å²) < 4.78 is 5.26. The lowest BCUT2D eigenvalue weighted by Crippen LogP contribution is -2.22. The van der Waals surface area contributed by atoms with Gasteiger partial charge in [0, 0.05) is 13.5 Å². The van der Waals surface area contributed by atoms with Gasteiger partial charge in [-0.05, 0) is 126 Å². The van der Waals surface area contributed by atoms with Crippen LogP contribution < -0.4 is 0 Å². The fourth-order valence-electron chi connectivity index (χ4n) is 8.47. The SMILES string of the molecule is C.C.C#CCC1CC(C/C=C(\C)CC/C=C/C=C2\CCC3CC(C)=CCC23)CC(CCCCC)C1.CC.CC.COC1CCCC(C)C1. The molecule has 0 aliphatic heterocycles. The van der Waals surface area contributed by atoms with Crippen molar-refractivity contribution in [3.63, 3.8) is 0 Å². The maximum atomic E-state index is 5.68. The average Bonchev–Trinajstić information content (AvgIpc) is 3.47. The standard InChI is InChI=1S/C33H50.C8H16O.2C2H6.2CH4/c1-5-7-9-14-29-23-28(12-6-2)24-30(25-29)18-16-26(3)13-10-8-11-15-31-19-20-32-22-27(4)17-21-33(31)32;1-7-4-3-5-8(6-7)9-2;2*1-2;;/h2,8,11,15-17,28-30,32-33H,5,7,9-10,12-14,18-25H2,1,3-4H3;7-8H,3-6H2,1-2H3;2*1-2H3;2*1H4/b11-8+,26-16+,31-15+;;;;;. The van der Waals surface area contributed by atoms with Gasteiger partial charge < -0.3 is 4.74 Å². The molecule has 48 heavy (non-hydrogen) atoms. The molecule has 7 atom stereocenters. The van der Waals surface area contributed by atoms with E-state index in [0.717, 1.165) is 41.9 Å². The minimum atomic E-state index is 0. The van der Waals surface area contributed by atoms with Gasteiger partial charge in [0.2, 0.25) is 0 Å². The number of terminal acetylenes is 1. The van der Waals surface area contributed by atoms with Crippen LogP contribution >= 0.6 is 0 Å². The Labute approximate surface area is 304 Å². The number of rotatable bonds is 12. The molecule has 1 heteroatoms. The van der Waals surface area contributed by atoms with Crippen LogP contribution in [-0.4, -0.2) is 13.2 Å². The van der Waals surface area contributed by atoms with Crippen LogP contribution in [-0.2, 0) is 4.74 Å². The van der Waals surface area contributed by atoms with Crippen molar-refractivity contribution in [1.82, 2.24) is 0 Å². The summed E-state index contributed by atoms with van der Waals surface area (Å²) in [5.74, 6) is 8.14. The second kappa shape index (κ2) is 30.3. The van der Waals surface area contributed by atoms with Gasteiger partial charge in [-0.2, -0.15) is 0 Å². The molecule has 0 amide bonds. The Bertz CT molecular complexity index is 925. The maximum absolute atomic E-state index is 5.68. The van der Waals surface area contributed by atoms with Gasteiger partial charge in [0.1, 0.15) is 0 Å². The van der Waals surface area contributed by atoms with Gasteiger partial charge in [0.15, 0.2) is 0 Å². The third kappa shape index (κ3) is 19.6. The van der Waals surface area contributed by atoms with Gasteiger partial charge in [-0.3, -0.25) is 0 Å². The zero-order chi connectivity index (χ0) is 34.2. The zero-order valence-electron chi connectivity index (χ0n) is 32.3. The molecule has 4 rings (SSSR count). The highest BCUT2D eigenvalue weighted by molar-refractivity contribution is 5.24. The number of unbranched alkanes of at least 4 members (excludes halogenated alkanes) is 2. The lowest BCUT2D eigenvalue weighted by Gasteiger charge is -2.34. The van der Waals surface area contributed by atoms with Crippen molar-refractivity contribution in [2.45, 2.75) is 198 Å². The Hall–Kier alpha value is -1.52. The molecule has 4 aliphatic carbocycles. The predicted molar refractivity (Wildman–Crippen MR) is 221 cm³/mol. The highest BCUT2D eigenvalue weighted by Crippen LogP contribution is 2.45. The first-order valence-electron chi connectivity index (χ1n) is 20.0. The summed E-state index contributed by atoms with van der Waals surface area (Å²) in [6.07, 6.45) is 43.5. The molecule has 0 saturated heterocycles. The summed E-state index contributed by atoms with van der Waals surface area (Å²) in [6, 6.07) is 0. The molecule has 0 aromatic carbocycles. The fraction of sp³-hybridized carbons (Fsp3) is 0.787. The zero-order valence-corrected chi connectivity index (χ0v) is 32.3. The van der Waals surface area contributed by atoms with Crippen LogP contribution in [0.2, 0.25) is 0 Å². The third-order valence-corrected chi connectivity index (χ3v) is 10.9. The second-order valence-electron chi connectivity index (χ2n) is 14.7. The van der Waals surface area contributed by atoms with Crippen molar-refractivity contribution >= 4 is 0 Å². The molecule has 1 nitrogen and oxygen atoms in total. The van der Waals surface area contributed by atoms with Crippen molar-refractivity contribution in [3.05, 3.63) is 47.1 Å². The highest BCUT2D eigenvalue weighted by Gasteiger charge is 2.32. The number of ether oxygens (including phenoxy) is 1. The molecular weight excluding hydrogens is 581 g/mol. The molecule has 0 spiro atoms. The van der Waals surface area contributed by atoms with Crippen LogP contribution in [0.25, 0.3) is 0 Å². The average molecular weight is 667 g/mol. The van der Waals surface area contributed by atoms with Crippen molar-refractivity contribution in [1.29, 1.82) is 0 Å². The van der Waals surface area contributed by atoms with E-state index in [0.29, 0.717) is 6.10 Å². The summed E-state index contributed by atoms with van der Waals surface area (Å²) in [5.41, 5.74) is 4.89. The van der Waals surface area contributed by atoms with E-state index in [9.17, 15) is 0 Å². The number of fused-ring (bicyclic) bond motifs is 1. The number of methoxy groups -OCH3 is 1. The lowest BCUT2D eigenvalue weighted by atomic mass is 9.71. The minimum Gasteiger partial charge on any atom is -0.381 e. The molecule has 280 valence electrons. The fourth-order valence-corrected chi connectivity index (χ4v) is 8.47. The van der Waals surface area contributed by atoms with Crippen LogP contribution in [0.15, 0.2) is 47.1 Å². The Morgan fingerprint density at radius 1 is 0.979 bits per heavy atom. The van der Waals surface area contributed by atoms with Crippen LogP contribution in [0.4, 0.5) is 0 Å². The molecule has 3 saturated carbocycles. The van der Waals surface area contributed by atoms with E-state index in [4.69, 9.17) is 11.2 Å². The van der Waals surface area contributed by atoms with Crippen molar-refractivity contribution in [2.24, 2.45) is 35.5 Å². The van der Waals surface area contributed by atoms with Gasteiger partial charge in [0.05, 0.1) is 6.10 Å². The Morgan fingerprint density at radius 2 is 1.69 bits per heavy atom. The summed E-state index contributed by atoms with van der Waals surface area (Å²) in [5, 5.41) is 0. The number of allylic oxidation sites excluding steroid dienone is 8. The quantitative estimate of drug-likeness (QED) is 0.114. The number of hydrogen-bond donors (Lipinski definition) is 0. The van der Waals surface area contributed by atoms with E-state index in [1.165, 1.54) is 116 Å². The van der Waals surface area contributed by atoms with Gasteiger partial charge in [-0.25, -0.2) is 0 Å². The topological polar surface area (TPSA) is 9.23 Å². The van der Waals surface area contributed by atoms with Crippen LogP contribution in [0.1, 0.15) is 192 Å². The van der Waals surface area contributed by atoms with Crippen LogP contribution in [0, 0.1) is 47.9 Å². The molecule has 0 bridgehead atoms. The maximum Gasteiger partial charge on any atom is 0.0573 e. The van der Waals surface area contributed by atoms with E-state index in [-0.39, 0.29) is 14.9 Å².